The Morgan fingerprint density at radius 1 is 1.00 bits per heavy atom. The molecule has 0 radical (unpaired) electrons. The van der Waals surface area contributed by atoms with Crippen LogP contribution in [0.25, 0.3) is 6.08 Å². The van der Waals surface area contributed by atoms with Crippen molar-refractivity contribution in [2.45, 2.75) is 0 Å². The van der Waals surface area contributed by atoms with Gasteiger partial charge in [0.05, 0.1) is 7.11 Å². The molecule has 0 atom stereocenters. The largest absolute Gasteiger partial charge is 0.491 e. The normalized spacial score (nSPS) is 10.9. The van der Waals surface area contributed by atoms with Crippen LogP contribution in [0.5, 0.6) is 0 Å². The van der Waals surface area contributed by atoms with Crippen LogP contribution in [0.2, 0.25) is 0 Å². The molecule has 19 heavy (non-hydrogen) atoms. The Morgan fingerprint density at radius 2 is 1.58 bits per heavy atom. The second-order valence-electron chi connectivity index (χ2n) is 3.94. The summed E-state index contributed by atoms with van der Waals surface area (Å²) in [6.07, 6.45) is 1.71. The number of nitrogens with one attached hydrogen (secondary N) is 1. The van der Waals surface area contributed by atoms with Crippen molar-refractivity contribution in [3.63, 3.8) is 0 Å². The van der Waals surface area contributed by atoms with Gasteiger partial charge in [0, 0.05) is 5.69 Å². The van der Waals surface area contributed by atoms with E-state index in [0.717, 1.165) is 11.3 Å². The molecule has 1 N–H and O–H groups in total. The number of amides is 1. The van der Waals surface area contributed by atoms with Crippen molar-refractivity contribution in [3.8, 4) is 0 Å². The molecule has 0 aliphatic carbocycles. The average molecular weight is 253 g/mol. The van der Waals surface area contributed by atoms with Gasteiger partial charge in [-0.25, -0.2) is 0 Å². The van der Waals surface area contributed by atoms with E-state index in [9.17, 15) is 4.79 Å². The third-order valence-electron chi connectivity index (χ3n) is 2.57. The van der Waals surface area contributed by atoms with E-state index in [1.54, 1.807) is 6.08 Å². The van der Waals surface area contributed by atoms with E-state index in [4.69, 9.17) is 4.74 Å². The molecule has 2 aromatic rings. The van der Waals surface area contributed by atoms with E-state index in [0.29, 0.717) is 0 Å². The monoisotopic (exact) mass is 253 g/mol. The smallest absolute Gasteiger partial charge is 0.290 e. The minimum Gasteiger partial charge on any atom is -0.491 e. The predicted molar refractivity (Wildman–Crippen MR) is 76.5 cm³/mol. The minimum absolute atomic E-state index is 0.266. The van der Waals surface area contributed by atoms with Gasteiger partial charge in [-0.3, -0.25) is 4.79 Å². The van der Waals surface area contributed by atoms with Crippen molar-refractivity contribution < 1.29 is 9.53 Å². The summed E-state index contributed by atoms with van der Waals surface area (Å²) in [5.74, 6) is 0.00704. The lowest BCUT2D eigenvalue weighted by atomic mass is 10.2. The fraction of sp³-hybridized carbons (Fsp3) is 0.0625. The number of ether oxygens (including phenoxy) is 1. The van der Waals surface area contributed by atoms with Crippen LogP contribution in [-0.2, 0) is 9.53 Å². The first kappa shape index (κ1) is 12.9. The van der Waals surface area contributed by atoms with Crippen molar-refractivity contribution in [1.82, 2.24) is 0 Å². The van der Waals surface area contributed by atoms with Crippen LogP contribution in [0.3, 0.4) is 0 Å². The second kappa shape index (κ2) is 6.40. The molecule has 0 unspecified atom stereocenters. The van der Waals surface area contributed by atoms with Crippen molar-refractivity contribution in [2.24, 2.45) is 0 Å². The van der Waals surface area contributed by atoms with Crippen LogP contribution in [0.4, 0.5) is 5.69 Å². The zero-order valence-corrected chi connectivity index (χ0v) is 10.7. The lowest BCUT2D eigenvalue weighted by Crippen LogP contribution is -2.15. The summed E-state index contributed by atoms with van der Waals surface area (Å²) in [5, 5.41) is 2.78. The maximum atomic E-state index is 12.0. The van der Waals surface area contributed by atoms with Crippen LogP contribution < -0.4 is 5.32 Å². The van der Waals surface area contributed by atoms with Gasteiger partial charge in [-0.1, -0.05) is 48.5 Å². The Morgan fingerprint density at radius 3 is 2.16 bits per heavy atom. The Hall–Kier alpha value is -2.55. The van der Waals surface area contributed by atoms with Gasteiger partial charge in [0.2, 0.25) is 0 Å². The number of carbonyl (C=O) groups excluding carboxylic acids is 1. The lowest BCUT2D eigenvalue weighted by molar-refractivity contribution is -0.115. The molecular weight excluding hydrogens is 238 g/mol. The number of carbonyl (C=O) groups is 1. The minimum atomic E-state index is -0.266. The zero-order chi connectivity index (χ0) is 13.5. The van der Waals surface area contributed by atoms with Gasteiger partial charge in [-0.2, -0.15) is 0 Å². The summed E-state index contributed by atoms with van der Waals surface area (Å²) >= 11 is 0. The summed E-state index contributed by atoms with van der Waals surface area (Å²) in [6.45, 7) is 0. The summed E-state index contributed by atoms with van der Waals surface area (Å²) in [6, 6.07) is 18.8. The quantitative estimate of drug-likeness (QED) is 0.670. The summed E-state index contributed by atoms with van der Waals surface area (Å²) in [4.78, 5) is 12.0. The first-order valence-electron chi connectivity index (χ1n) is 5.97. The highest BCUT2D eigenvalue weighted by Gasteiger charge is 2.09. The highest BCUT2D eigenvalue weighted by atomic mass is 16.5. The number of anilines is 1. The van der Waals surface area contributed by atoms with Crippen molar-refractivity contribution in [3.05, 3.63) is 72.0 Å². The molecule has 96 valence electrons. The third kappa shape index (κ3) is 3.71. The van der Waals surface area contributed by atoms with E-state index in [1.165, 1.54) is 7.11 Å². The molecule has 0 aliphatic rings. The molecule has 0 heterocycles. The van der Waals surface area contributed by atoms with Crippen LogP contribution in [0.15, 0.2) is 66.4 Å². The molecule has 0 saturated carbocycles. The highest BCUT2D eigenvalue weighted by molar-refractivity contribution is 6.05. The Labute approximate surface area is 112 Å². The summed E-state index contributed by atoms with van der Waals surface area (Å²) < 4.78 is 5.14. The van der Waals surface area contributed by atoms with Crippen molar-refractivity contribution in [2.75, 3.05) is 12.4 Å². The van der Waals surface area contributed by atoms with Gasteiger partial charge < -0.3 is 10.1 Å². The third-order valence-corrected chi connectivity index (χ3v) is 2.57. The standard InChI is InChI=1S/C16H15NO2/c1-19-15(12-13-8-4-2-5-9-13)16(18)17-14-10-6-3-7-11-14/h2-12H,1H3,(H,17,18)/b15-12-. The molecule has 0 spiro atoms. The first-order chi connectivity index (χ1) is 9.29. The molecular formula is C16H15NO2. The molecule has 3 heteroatoms. The molecule has 0 saturated heterocycles. The Kier molecular flexibility index (Phi) is 4.34. The number of hydrogen-bond donors (Lipinski definition) is 1. The van der Waals surface area contributed by atoms with Gasteiger partial charge in [0.1, 0.15) is 0 Å². The molecule has 2 rings (SSSR count). The average Bonchev–Trinajstić information content (AvgIpc) is 2.47. The zero-order valence-electron chi connectivity index (χ0n) is 10.7. The fourth-order valence-corrected chi connectivity index (χ4v) is 1.63. The second-order valence-corrected chi connectivity index (χ2v) is 3.94. The Balaban J connectivity index is 2.14. The first-order valence-corrected chi connectivity index (χ1v) is 5.97. The number of benzene rings is 2. The number of hydrogen-bond acceptors (Lipinski definition) is 2. The predicted octanol–water partition coefficient (Wildman–Crippen LogP) is 3.31. The highest BCUT2D eigenvalue weighted by Crippen LogP contribution is 2.11. The molecule has 1 amide bonds. The van der Waals surface area contributed by atoms with E-state index >= 15 is 0 Å². The molecule has 3 nitrogen and oxygen atoms in total. The maximum Gasteiger partial charge on any atom is 0.290 e. The van der Waals surface area contributed by atoms with Gasteiger partial charge in [-0.15, -0.1) is 0 Å². The molecule has 0 aliphatic heterocycles. The van der Waals surface area contributed by atoms with Gasteiger partial charge >= 0.3 is 0 Å². The topological polar surface area (TPSA) is 38.3 Å². The van der Waals surface area contributed by atoms with Crippen LogP contribution in [-0.4, -0.2) is 13.0 Å². The van der Waals surface area contributed by atoms with E-state index in [1.807, 2.05) is 60.7 Å². The molecule has 0 fully saturated rings. The van der Waals surface area contributed by atoms with Crippen molar-refractivity contribution in [1.29, 1.82) is 0 Å². The van der Waals surface area contributed by atoms with Gasteiger partial charge in [-0.05, 0) is 23.8 Å². The lowest BCUT2D eigenvalue weighted by Gasteiger charge is -2.07. The van der Waals surface area contributed by atoms with Crippen LogP contribution >= 0.6 is 0 Å². The number of para-hydroxylation sites is 1. The van der Waals surface area contributed by atoms with Crippen LogP contribution in [0.1, 0.15) is 5.56 Å². The molecule has 0 aromatic heterocycles. The van der Waals surface area contributed by atoms with Crippen LogP contribution in [0, 0.1) is 0 Å². The molecule has 2 aromatic carbocycles. The van der Waals surface area contributed by atoms with Crippen molar-refractivity contribution >= 4 is 17.7 Å². The van der Waals surface area contributed by atoms with Gasteiger partial charge in [0.15, 0.2) is 5.76 Å². The van der Waals surface area contributed by atoms with E-state index in [-0.39, 0.29) is 11.7 Å². The van der Waals surface area contributed by atoms with E-state index in [2.05, 4.69) is 5.32 Å². The fourth-order valence-electron chi connectivity index (χ4n) is 1.63. The van der Waals surface area contributed by atoms with Gasteiger partial charge in [0.25, 0.3) is 5.91 Å². The molecule has 0 bridgehead atoms. The Bertz CT molecular complexity index is 562. The SMILES string of the molecule is CO/C(=C\c1ccccc1)C(=O)Nc1ccccc1. The van der Waals surface area contributed by atoms with E-state index < -0.39 is 0 Å². The number of methoxy groups -OCH3 is 1. The summed E-state index contributed by atoms with van der Waals surface area (Å²) in [5.41, 5.74) is 1.66. The number of rotatable bonds is 4. The maximum absolute atomic E-state index is 12.0. The summed E-state index contributed by atoms with van der Waals surface area (Å²) in [7, 11) is 1.49.